The Morgan fingerprint density at radius 3 is 2.70 bits per heavy atom. The van der Waals surface area contributed by atoms with Gasteiger partial charge in [0.2, 0.25) is 0 Å². The Balaban J connectivity index is 3.45. The number of hydrazine groups is 1. The highest BCUT2D eigenvalue weighted by Gasteiger charge is 2.00. The van der Waals surface area contributed by atoms with Crippen molar-refractivity contribution >= 4 is 0 Å². The molecular formula is C8H16N2. The summed E-state index contributed by atoms with van der Waals surface area (Å²) in [4.78, 5) is 0. The number of nitrogens with one attached hydrogen (secondary N) is 1. The Bertz CT molecular complexity index is 121. The van der Waals surface area contributed by atoms with Gasteiger partial charge in [0.1, 0.15) is 0 Å². The molecule has 0 aliphatic heterocycles. The van der Waals surface area contributed by atoms with Crippen molar-refractivity contribution in [1.29, 1.82) is 0 Å². The number of nitrogens with two attached hydrogens (primary N) is 1. The van der Waals surface area contributed by atoms with Crippen molar-refractivity contribution in [2.75, 3.05) is 0 Å². The summed E-state index contributed by atoms with van der Waals surface area (Å²) in [6, 6.07) is 0.373. The van der Waals surface area contributed by atoms with Gasteiger partial charge in [0, 0.05) is 12.5 Å². The van der Waals surface area contributed by atoms with Crippen LogP contribution in [0.15, 0.2) is 0 Å². The van der Waals surface area contributed by atoms with E-state index in [0.29, 0.717) is 6.04 Å². The van der Waals surface area contributed by atoms with Crippen LogP contribution in [0.25, 0.3) is 0 Å². The summed E-state index contributed by atoms with van der Waals surface area (Å²) in [5.74, 6) is 11.1. The zero-order valence-electron chi connectivity index (χ0n) is 6.78. The first-order chi connectivity index (χ1) is 4.85. The van der Waals surface area contributed by atoms with Gasteiger partial charge in [0.25, 0.3) is 0 Å². The summed E-state index contributed by atoms with van der Waals surface area (Å²) in [6.45, 7) is 3.99. The molecule has 0 bridgehead atoms. The third-order valence-electron chi connectivity index (χ3n) is 1.40. The highest BCUT2D eigenvalue weighted by molar-refractivity contribution is 4.97. The molecule has 0 saturated heterocycles. The van der Waals surface area contributed by atoms with Crippen LogP contribution in [0.2, 0.25) is 0 Å². The minimum absolute atomic E-state index is 0.373. The lowest BCUT2D eigenvalue weighted by molar-refractivity contribution is 0.498. The standard InChI is InChI=1S/C8H16N2/c1-3-5-7-8(10-9)6-4-2/h8,10H,4,6-7,9H2,1-2H3. The fourth-order valence-electron chi connectivity index (χ4n) is 0.818. The van der Waals surface area contributed by atoms with Gasteiger partial charge < -0.3 is 0 Å². The van der Waals surface area contributed by atoms with E-state index in [1.807, 2.05) is 6.92 Å². The smallest absolute Gasteiger partial charge is 0.0319 e. The third kappa shape index (κ3) is 4.37. The Morgan fingerprint density at radius 2 is 2.30 bits per heavy atom. The first-order valence-corrected chi connectivity index (χ1v) is 3.70. The van der Waals surface area contributed by atoms with Crippen LogP contribution in [-0.4, -0.2) is 6.04 Å². The molecule has 0 aromatic rings. The molecule has 3 N–H and O–H groups in total. The van der Waals surface area contributed by atoms with E-state index in [4.69, 9.17) is 5.84 Å². The zero-order chi connectivity index (χ0) is 7.82. The van der Waals surface area contributed by atoms with Gasteiger partial charge in [0.15, 0.2) is 0 Å². The molecule has 1 atom stereocenters. The van der Waals surface area contributed by atoms with Gasteiger partial charge in [0.05, 0.1) is 0 Å². The summed E-state index contributed by atoms with van der Waals surface area (Å²) < 4.78 is 0. The van der Waals surface area contributed by atoms with Crippen LogP contribution in [0, 0.1) is 11.8 Å². The minimum atomic E-state index is 0.373. The topological polar surface area (TPSA) is 38.0 Å². The molecule has 0 saturated carbocycles. The van der Waals surface area contributed by atoms with Crippen molar-refractivity contribution in [3.63, 3.8) is 0 Å². The third-order valence-corrected chi connectivity index (χ3v) is 1.40. The quantitative estimate of drug-likeness (QED) is 0.348. The molecule has 0 fully saturated rings. The monoisotopic (exact) mass is 140 g/mol. The van der Waals surface area contributed by atoms with Crippen molar-refractivity contribution in [1.82, 2.24) is 5.43 Å². The average molecular weight is 140 g/mol. The zero-order valence-corrected chi connectivity index (χ0v) is 6.78. The van der Waals surface area contributed by atoms with Gasteiger partial charge >= 0.3 is 0 Å². The number of rotatable bonds is 4. The van der Waals surface area contributed by atoms with Gasteiger partial charge in [-0.25, -0.2) is 0 Å². The van der Waals surface area contributed by atoms with Crippen molar-refractivity contribution in [3.05, 3.63) is 0 Å². The Morgan fingerprint density at radius 1 is 1.60 bits per heavy atom. The van der Waals surface area contributed by atoms with Gasteiger partial charge in [-0.15, -0.1) is 11.8 Å². The Kier molecular flexibility index (Phi) is 6.25. The highest BCUT2D eigenvalue weighted by atomic mass is 15.2. The maximum Gasteiger partial charge on any atom is 0.0319 e. The molecule has 0 radical (unpaired) electrons. The first-order valence-electron chi connectivity index (χ1n) is 3.70. The summed E-state index contributed by atoms with van der Waals surface area (Å²) in [6.07, 6.45) is 3.12. The van der Waals surface area contributed by atoms with Crippen LogP contribution >= 0.6 is 0 Å². The van der Waals surface area contributed by atoms with Gasteiger partial charge in [-0.05, 0) is 13.3 Å². The highest BCUT2D eigenvalue weighted by Crippen LogP contribution is 1.98. The van der Waals surface area contributed by atoms with Crippen LogP contribution in [-0.2, 0) is 0 Å². The molecule has 0 aromatic heterocycles. The molecule has 2 nitrogen and oxygen atoms in total. The molecule has 0 rings (SSSR count). The Labute approximate surface area is 63.2 Å². The normalized spacial score (nSPS) is 11.9. The summed E-state index contributed by atoms with van der Waals surface area (Å²) >= 11 is 0. The molecule has 0 amide bonds. The maximum atomic E-state index is 5.28. The van der Waals surface area contributed by atoms with Crippen molar-refractivity contribution in [2.45, 2.75) is 39.2 Å². The van der Waals surface area contributed by atoms with E-state index in [-0.39, 0.29) is 0 Å². The second-order valence-corrected chi connectivity index (χ2v) is 2.28. The van der Waals surface area contributed by atoms with Gasteiger partial charge in [-0.2, -0.15) is 0 Å². The Hall–Kier alpha value is -0.520. The maximum absolute atomic E-state index is 5.28. The van der Waals surface area contributed by atoms with Crippen molar-refractivity contribution in [2.24, 2.45) is 5.84 Å². The van der Waals surface area contributed by atoms with E-state index in [2.05, 4.69) is 24.2 Å². The fourth-order valence-corrected chi connectivity index (χ4v) is 0.818. The van der Waals surface area contributed by atoms with Crippen LogP contribution in [0.3, 0.4) is 0 Å². The van der Waals surface area contributed by atoms with Crippen molar-refractivity contribution in [3.8, 4) is 11.8 Å². The molecule has 0 aliphatic rings. The largest absolute Gasteiger partial charge is 0.271 e. The van der Waals surface area contributed by atoms with Gasteiger partial charge in [-0.3, -0.25) is 11.3 Å². The summed E-state index contributed by atoms with van der Waals surface area (Å²) in [7, 11) is 0. The fraction of sp³-hybridized carbons (Fsp3) is 0.750. The lowest BCUT2D eigenvalue weighted by atomic mass is 10.1. The van der Waals surface area contributed by atoms with E-state index in [0.717, 1.165) is 19.3 Å². The molecule has 0 spiro atoms. The molecular weight excluding hydrogens is 124 g/mol. The predicted molar refractivity (Wildman–Crippen MR) is 44.1 cm³/mol. The van der Waals surface area contributed by atoms with Crippen LogP contribution in [0.5, 0.6) is 0 Å². The number of hydrogen-bond donors (Lipinski definition) is 2. The van der Waals surface area contributed by atoms with E-state index in [1.165, 1.54) is 0 Å². The second-order valence-electron chi connectivity index (χ2n) is 2.28. The van der Waals surface area contributed by atoms with E-state index in [1.54, 1.807) is 0 Å². The minimum Gasteiger partial charge on any atom is -0.271 e. The van der Waals surface area contributed by atoms with E-state index in [9.17, 15) is 0 Å². The molecule has 0 aliphatic carbocycles. The van der Waals surface area contributed by atoms with E-state index < -0.39 is 0 Å². The lowest BCUT2D eigenvalue weighted by Gasteiger charge is -2.09. The van der Waals surface area contributed by atoms with Crippen LogP contribution in [0.4, 0.5) is 0 Å². The molecule has 0 aromatic carbocycles. The molecule has 0 heterocycles. The van der Waals surface area contributed by atoms with Crippen molar-refractivity contribution < 1.29 is 0 Å². The lowest BCUT2D eigenvalue weighted by Crippen LogP contribution is -2.34. The number of hydrogen-bond acceptors (Lipinski definition) is 2. The second kappa shape index (κ2) is 6.60. The molecule has 2 heteroatoms. The van der Waals surface area contributed by atoms with Crippen LogP contribution < -0.4 is 11.3 Å². The predicted octanol–water partition coefficient (Wildman–Crippen LogP) is 1.03. The first kappa shape index (κ1) is 9.48. The average Bonchev–Trinajstić information content (AvgIpc) is 1.98. The van der Waals surface area contributed by atoms with Gasteiger partial charge in [-0.1, -0.05) is 13.3 Å². The molecule has 10 heavy (non-hydrogen) atoms. The summed E-state index contributed by atoms with van der Waals surface area (Å²) in [5, 5.41) is 0. The summed E-state index contributed by atoms with van der Waals surface area (Å²) in [5.41, 5.74) is 2.74. The SMILES string of the molecule is CC#CCC(CCC)NN. The van der Waals surface area contributed by atoms with Crippen LogP contribution in [0.1, 0.15) is 33.1 Å². The molecule has 1 unspecified atom stereocenters. The molecule has 58 valence electrons. The van der Waals surface area contributed by atoms with E-state index >= 15 is 0 Å².